The molecule has 0 spiro atoms. The van der Waals surface area contributed by atoms with Crippen LogP contribution in [0.1, 0.15) is 56.9 Å². The fourth-order valence-corrected chi connectivity index (χ4v) is 5.01. The normalized spacial score (nSPS) is 20.2. The van der Waals surface area contributed by atoms with Crippen molar-refractivity contribution in [1.29, 1.82) is 0 Å². The van der Waals surface area contributed by atoms with Crippen LogP contribution in [0, 0.1) is 0 Å². The molecule has 0 unspecified atom stereocenters. The molecule has 152 valence electrons. The van der Waals surface area contributed by atoms with Crippen LogP contribution in [0.2, 0.25) is 0 Å². The smallest absolute Gasteiger partial charge is 0.224 e. The number of nitrogens with one attached hydrogen (secondary N) is 1. The fourth-order valence-electron chi connectivity index (χ4n) is 5.01. The highest BCUT2D eigenvalue weighted by molar-refractivity contribution is 5.88. The summed E-state index contributed by atoms with van der Waals surface area (Å²) in [6, 6.07) is 5.74. The van der Waals surface area contributed by atoms with Gasteiger partial charge in [0.15, 0.2) is 0 Å². The van der Waals surface area contributed by atoms with E-state index in [0.717, 1.165) is 28.8 Å². The van der Waals surface area contributed by atoms with Gasteiger partial charge in [0.05, 0.1) is 19.8 Å². The van der Waals surface area contributed by atoms with Crippen molar-refractivity contribution < 1.29 is 13.9 Å². The number of fused-ring (bicyclic) bond motifs is 1. The predicted octanol–water partition coefficient (Wildman–Crippen LogP) is 4.29. The van der Waals surface area contributed by atoms with E-state index in [1.54, 1.807) is 13.4 Å². The topological polar surface area (TPSA) is 54.7 Å². The Kier molecular flexibility index (Phi) is 5.90. The van der Waals surface area contributed by atoms with E-state index in [0.29, 0.717) is 6.42 Å². The minimum atomic E-state index is 0.0838. The molecule has 1 aliphatic carbocycles. The van der Waals surface area contributed by atoms with Crippen molar-refractivity contribution in [3.63, 3.8) is 0 Å². The molecular weight excluding hydrogens is 352 g/mol. The third-order valence-electron chi connectivity index (χ3n) is 6.64. The second kappa shape index (κ2) is 8.56. The van der Waals surface area contributed by atoms with Gasteiger partial charge in [0.2, 0.25) is 5.91 Å². The molecule has 2 aromatic rings. The third kappa shape index (κ3) is 4.04. The van der Waals surface area contributed by atoms with Gasteiger partial charge in [-0.25, -0.2) is 0 Å². The number of piperidine rings is 1. The highest BCUT2D eigenvalue weighted by Gasteiger charge is 2.38. The van der Waals surface area contributed by atoms with Gasteiger partial charge in [-0.1, -0.05) is 25.7 Å². The van der Waals surface area contributed by atoms with Crippen molar-refractivity contribution in [3.8, 4) is 5.75 Å². The largest absolute Gasteiger partial charge is 0.497 e. The molecule has 28 heavy (non-hydrogen) atoms. The molecule has 1 saturated heterocycles. The summed E-state index contributed by atoms with van der Waals surface area (Å²) in [6.07, 6.45) is 12.3. The number of nitrogens with zero attached hydrogens (tertiary/aromatic N) is 1. The first-order valence-electron chi connectivity index (χ1n) is 10.8. The zero-order valence-electron chi connectivity index (χ0n) is 17.0. The molecule has 5 heteroatoms. The summed E-state index contributed by atoms with van der Waals surface area (Å²) < 4.78 is 10.9. The zero-order valence-corrected chi connectivity index (χ0v) is 17.0. The maximum absolute atomic E-state index is 12.7. The van der Waals surface area contributed by atoms with E-state index in [4.69, 9.17) is 9.15 Å². The summed E-state index contributed by atoms with van der Waals surface area (Å²) in [5, 5.41) is 4.25. The summed E-state index contributed by atoms with van der Waals surface area (Å²) in [7, 11) is 1.64. The van der Waals surface area contributed by atoms with Gasteiger partial charge >= 0.3 is 0 Å². The van der Waals surface area contributed by atoms with Crippen molar-refractivity contribution in [2.75, 3.05) is 26.7 Å². The van der Waals surface area contributed by atoms with Crippen molar-refractivity contribution in [3.05, 3.63) is 30.0 Å². The predicted molar refractivity (Wildman–Crippen MR) is 111 cm³/mol. The van der Waals surface area contributed by atoms with Crippen LogP contribution in [0.15, 0.2) is 28.9 Å². The van der Waals surface area contributed by atoms with Crippen LogP contribution in [-0.4, -0.2) is 43.1 Å². The number of ether oxygens (including phenoxy) is 1. The molecule has 1 aromatic carbocycles. The third-order valence-corrected chi connectivity index (χ3v) is 6.64. The minimum Gasteiger partial charge on any atom is -0.497 e. The molecule has 2 heterocycles. The molecule has 1 aromatic heterocycles. The lowest BCUT2D eigenvalue weighted by molar-refractivity contribution is -0.121. The van der Waals surface area contributed by atoms with Crippen LogP contribution < -0.4 is 10.1 Å². The average Bonchev–Trinajstić information content (AvgIpc) is 3.15. The number of hydrogen-bond acceptors (Lipinski definition) is 4. The number of benzene rings is 1. The summed E-state index contributed by atoms with van der Waals surface area (Å²) in [5.74, 6) is 0.846. The van der Waals surface area contributed by atoms with Crippen LogP contribution in [0.4, 0.5) is 0 Å². The quantitative estimate of drug-likeness (QED) is 0.807. The minimum absolute atomic E-state index is 0.0838. The SMILES string of the molecule is COc1ccc2c(CC(=O)NCC3(N4CCCCC4)CCCCC3)coc2c1. The lowest BCUT2D eigenvalue weighted by Gasteiger charge is -2.48. The van der Waals surface area contributed by atoms with Gasteiger partial charge in [-0.05, 0) is 50.9 Å². The van der Waals surface area contributed by atoms with Gasteiger partial charge in [0.1, 0.15) is 11.3 Å². The first-order valence-corrected chi connectivity index (χ1v) is 10.8. The van der Waals surface area contributed by atoms with Gasteiger partial charge in [-0.15, -0.1) is 0 Å². The van der Waals surface area contributed by atoms with Gasteiger partial charge < -0.3 is 14.5 Å². The van der Waals surface area contributed by atoms with Crippen LogP contribution in [-0.2, 0) is 11.2 Å². The summed E-state index contributed by atoms with van der Waals surface area (Å²) >= 11 is 0. The molecule has 4 rings (SSSR count). The number of methoxy groups -OCH3 is 1. The van der Waals surface area contributed by atoms with Crippen LogP contribution in [0.5, 0.6) is 5.75 Å². The molecule has 1 N–H and O–H groups in total. The Balaban J connectivity index is 1.41. The molecular formula is C23H32N2O3. The van der Waals surface area contributed by atoms with E-state index in [1.807, 2.05) is 18.2 Å². The number of carbonyl (C=O) groups is 1. The number of carbonyl (C=O) groups excluding carboxylic acids is 1. The monoisotopic (exact) mass is 384 g/mol. The lowest BCUT2D eigenvalue weighted by atomic mass is 9.79. The van der Waals surface area contributed by atoms with Gasteiger partial charge in [0, 0.05) is 29.1 Å². The highest BCUT2D eigenvalue weighted by Crippen LogP contribution is 2.35. The molecule has 2 fully saturated rings. The van der Waals surface area contributed by atoms with Crippen LogP contribution in [0.25, 0.3) is 11.0 Å². The number of hydrogen-bond donors (Lipinski definition) is 1. The van der Waals surface area contributed by atoms with Crippen molar-refractivity contribution in [2.24, 2.45) is 0 Å². The van der Waals surface area contributed by atoms with Crippen LogP contribution >= 0.6 is 0 Å². The summed E-state index contributed by atoms with van der Waals surface area (Å²) in [4.78, 5) is 15.4. The average molecular weight is 385 g/mol. The fraction of sp³-hybridized carbons (Fsp3) is 0.609. The molecule has 0 atom stereocenters. The van der Waals surface area contributed by atoms with E-state index in [9.17, 15) is 4.79 Å². The lowest BCUT2D eigenvalue weighted by Crippen LogP contribution is -2.58. The van der Waals surface area contributed by atoms with Gasteiger partial charge in [-0.2, -0.15) is 0 Å². The van der Waals surface area contributed by atoms with E-state index in [-0.39, 0.29) is 11.4 Å². The van der Waals surface area contributed by atoms with Gasteiger partial charge in [-0.3, -0.25) is 9.69 Å². The maximum atomic E-state index is 12.7. The Morgan fingerprint density at radius 1 is 1.14 bits per heavy atom. The Labute approximate surface area is 167 Å². The molecule has 0 radical (unpaired) electrons. The summed E-state index contributed by atoms with van der Waals surface area (Å²) in [6.45, 7) is 3.14. The zero-order chi connectivity index (χ0) is 19.4. The number of amides is 1. The molecule has 1 saturated carbocycles. The highest BCUT2D eigenvalue weighted by atomic mass is 16.5. The Morgan fingerprint density at radius 2 is 1.89 bits per heavy atom. The van der Waals surface area contributed by atoms with E-state index < -0.39 is 0 Å². The van der Waals surface area contributed by atoms with E-state index in [2.05, 4.69) is 10.2 Å². The second-order valence-corrected chi connectivity index (χ2v) is 8.41. The van der Waals surface area contributed by atoms with E-state index in [1.165, 1.54) is 64.5 Å². The number of furan rings is 1. The first kappa shape index (κ1) is 19.3. The Hall–Kier alpha value is -2.01. The standard InChI is InChI=1S/C23H32N2O3/c1-27-19-8-9-20-18(16-28-21(20)15-19)14-22(26)24-17-23(10-4-2-5-11-23)25-12-6-3-7-13-25/h8-9,15-16H,2-7,10-14,17H2,1H3,(H,24,26). The molecule has 0 bridgehead atoms. The summed E-state index contributed by atoms with van der Waals surface area (Å²) in [5.41, 5.74) is 1.87. The van der Waals surface area contributed by atoms with E-state index >= 15 is 0 Å². The van der Waals surface area contributed by atoms with Crippen molar-refractivity contribution in [1.82, 2.24) is 10.2 Å². The number of likely N-dealkylation sites (tertiary alicyclic amines) is 1. The molecule has 1 amide bonds. The second-order valence-electron chi connectivity index (χ2n) is 8.41. The number of rotatable bonds is 6. The Morgan fingerprint density at radius 3 is 2.64 bits per heavy atom. The maximum Gasteiger partial charge on any atom is 0.224 e. The van der Waals surface area contributed by atoms with Gasteiger partial charge in [0.25, 0.3) is 0 Å². The van der Waals surface area contributed by atoms with Crippen molar-refractivity contribution in [2.45, 2.75) is 63.3 Å². The molecule has 2 aliphatic rings. The molecule has 5 nitrogen and oxygen atoms in total. The Bertz CT molecular complexity index is 801. The first-order chi connectivity index (χ1) is 13.7. The van der Waals surface area contributed by atoms with Crippen molar-refractivity contribution >= 4 is 16.9 Å². The van der Waals surface area contributed by atoms with Crippen LogP contribution in [0.3, 0.4) is 0 Å². The molecule has 1 aliphatic heterocycles.